The molecule has 80 valence electrons. The van der Waals surface area contributed by atoms with Crippen LogP contribution in [-0.2, 0) is 4.79 Å². The molecule has 2 aliphatic carbocycles. The van der Waals surface area contributed by atoms with Crippen molar-refractivity contribution in [2.75, 3.05) is 0 Å². The monoisotopic (exact) mass is 196 g/mol. The second-order valence-corrected chi connectivity index (χ2v) is 5.52. The van der Waals surface area contributed by atoms with Crippen molar-refractivity contribution < 1.29 is 9.90 Å². The van der Waals surface area contributed by atoms with Gasteiger partial charge in [0.1, 0.15) is 5.78 Å². The molecule has 1 N–H and O–H groups in total. The summed E-state index contributed by atoms with van der Waals surface area (Å²) >= 11 is 0. The number of fused-ring (bicyclic) bond motifs is 1. The van der Waals surface area contributed by atoms with Crippen LogP contribution in [0.15, 0.2) is 0 Å². The molecule has 2 fully saturated rings. The summed E-state index contributed by atoms with van der Waals surface area (Å²) in [5.41, 5.74) is -0.574. The minimum absolute atomic E-state index is 0.0147. The SMILES string of the molecule is C[C@@]1(O)CCC[C@H]2CC(=O)CC[C@]21C. The van der Waals surface area contributed by atoms with E-state index in [9.17, 15) is 9.90 Å². The number of ketones is 1. The van der Waals surface area contributed by atoms with Crippen molar-refractivity contribution >= 4 is 5.78 Å². The molecule has 0 unspecified atom stereocenters. The van der Waals surface area contributed by atoms with Crippen LogP contribution in [0.4, 0.5) is 0 Å². The Hall–Kier alpha value is -0.370. The molecular formula is C12H20O2. The maximum atomic E-state index is 11.4. The summed E-state index contributed by atoms with van der Waals surface area (Å²) in [6.07, 6.45) is 5.34. The molecule has 2 rings (SSSR count). The first-order valence-corrected chi connectivity index (χ1v) is 5.70. The molecule has 2 nitrogen and oxygen atoms in total. The fourth-order valence-electron chi connectivity index (χ4n) is 3.31. The van der Waals surface area contributed by atoms with Crippen molar-refractivity contribution in [1.29, 1.82) is 0 Å². The first-order valence-electron chi connectivity index (χ1n) is 5.70. The van der Waals surface area contributed by atoms with Crippen LogP contribution in [0, 0.1) is 11.3 Å². The summed E-state index contributed by atoms with van der Waals surface area (Å²) in [6, 6.07) is 0. The molecule has 3 atom stereocenters. The molecule has 0 aliphatic heterocycles. The third kappa shape index (κ3) is 1.31. The van der Waals surface area contributed by atoms with E-state index in [0.29, 0.717) is 24.5 Å². The molecule has 0 amide bonds. The standard InChI is InChI=1S/C12H20O2/c1-11-7-5-10(13)8-9(11)4-3-6-12(11,2)14/h9,14H,3-8H2,1-2H3/t9-,11+,12+/m0/s1. The van der Waals surface area contributed by atoms with Crippen LogP contribution in [0.5, 0.6) is 0 Å². The molecule has 14 heavy (non-hydrogen) atoms. The minimum atomic E-state index is -0.559. The van der Waals surface area contributed by atoms with Gasteiger partial charge in [0.05, 0.1) is 5.60 Å². The molecule has 0 saturated heterocycles. The fourth-order valence-corrected chi connectivity index (χ4v) is 3.31. The van der Waals surface area contributed by atoms with Gasteiger partial charge in [0.15, 0.2) is 0 Å². The first-order chi connectivity index (χ1) is 6.46. The van der Waals surface area contributed by atoms with E-state index in [1.165, 1.54) is 0 Å². The van der Waals surface area contributed by atoms with Gasteiger partial charge in [-0.1, -0.05) is 13.3 Å². The maximum Gasteiger partial charge on any atom is 0.133 e. The predicted octanol–water partition coefficient (Wildman–Crippen LogP) is 2.30. The average molecular weight is 196 g/mol. The summed E-state index contributed by atoms with van der Waals surface area (Å²) < 4.78 is 0. The second-order valence-electron chi connectivity index (χ2n) is 5.52. The molecule has 0 radical (unpaired) electrons. The molecule has 0 spiro atoms. The van der Waals surface area contributed by atoms with E-state index in [4.69, 9.17) is 0 Å². The largest absolute Gasteiger partial charge is 0.390 e. The molecule has 2 aliphatic rings. The number of rotatable bonds is 0. The van der Waals surface area contributed by atoms with E-state index in [1.807, 2.05) is 6.92 Å². The van der Waals surface area contributed by atoms with Gasteiger partial charge in [-0.3, -0.25) is 4.79 Å². The number of carbonyl (C=O) groups is 1. The lowest BCUT2D eigenvalue weighted by atomic mass is 9.54. The van der Waals surface area contributed by atoms with Gasteiger partial charge in [-0.2, -0.15) is 0 Å². The third-order valence-electron chi connectivity index (χ3n) is 4.74. The lowest BCUT2D eigenvalue weighted by Crippen LogP contribution is -2.54. The van der Waals surface area contributed by atoms with Crippen molar-refractivity contribution in [3.05, 3.63) is 0 Å². The van der Waals surface area contributed by atoms with Gasteiger partial charge in [0.25, 0.3) is 0 Å². The van der Waals surface area contributed by atoms with Gasteiger partial charge in [0, 0.05) is 12.8 Å². The Morgan fingerprint density at radius 2 is 2.07 bits per heavy atom. The smallest absolute Gasteiger partial charge is 0.133 e. The summed E-state index contributed by atoms with van der Waals surface area (Å²) in [5.74, 6) is 0.817. The molecular weight excluding hydrogens is 176 g/mol. The molecule has 2 saturated carbocycles. The number of hydrogen-bond donors (Lipinski definition) is 1. The molecule has 0 heterocycles. The van der Waals surface area contributed by atoms with Crippen LogP contribution in [0.3, 0.4) is 0 Å². The second kappa shape index (κ2) is 3.06. The molecule has 0 aromatic carbocycles. The van der Waals surface area contributed by atoms with Crippen LogP contribution in [0.1, 0.15) is 52.4 Å². The van der Waals surface area contributed by atoms with E-state index in [2.05, 4.69) is 6.92 Å². The van der Waals surface area contributed by atoms with Crippen molar-refractivity contribution in [2.45, 2.75) is 58.0 Å². The molecule has 2 heteroatoms. The van der Waals surface area contributed by atoms with Crippen molar-refractivity contribution in [3.63, 3.8) is 0 Å². The highest BCUT2D eigenvalue weighted by molar-refractivity contribution is 5.79. The van der Waals surface area contributed by atoms with Gasteiger partial charge in [-0.05, 0) is 37.5 Å². The van der Waals surface area contributed by atoms with E-state index < -0.39 is 5.60 Å². The van der Waals surface area contributed by atoms with Gasteiger partial charge in [-0.15, -0.1) is 0 Å². The van der Waals surface area contributed by atoms with Gasteiger partial charge in [-0.25, -0.2) is 0 Å². The summed E-state index contributed by atoms with van der Waals surface area (Å²) in [5, 5.41) is 10.4. The van der Waals surface area contributed by atoms with Crippen LogP contribution in [-0.4, -0.2) is 16.5 Å². The van der Waals surface area contributed by atoms with Crippen LogP contribution in [0.2, 0.25) is 0 Å². The Morgan fingerprint density at radius 1 is 1.36 bits per heavy atom. The lowest BCUT2D eigenvalue weighted by Gasteiger charge is -2.53. The molecule has 0 aromatic rings. The topological polar surface area (TPSA) is 37.3 Å². The number of carbonyl (C=O) groups excluding carboxylic acids is 1. The van der Waals surface area contributed by atoms with E-state index in [-0.39, 0.29) is 5.41 Å². The predicted molar refractivity (Wildman–Crippen MR) is 54.9 cm³/mol. The normalized spacial score (nSPS) is 48.8. The Balaban J connectivity index is 2.26. The summed E-state index contributed by atoms with van der Waals surface area (Å²) in [4.78, 5) is 11.4. The molecule has 0 bridgehead atoms. The minimum Gasteiger partial charge on any atom is -0.390 e. The number of hydrogen-bond acceptors (Lipinski definition) is 2. The zero-order chi connectivity index (χ0) is 10.4. The van der Waals surface area contributed by atoms with Gasteiger partial charge < -0.3 is 5.11 Å². The lowest BCUT2D eigenvalue weighted by molar-refractivity contribution is -0.153. The zero-order valence-corrected chi connectivity index (χ0v) is 9.18. The van der Waals surface area contributed by atoms with Crippen molar-refractivity contribution in [3.8, 4) is 0 Å². The van der Waals surface area contributed by atoms with Crippen LogP contribution in [0.25, 0.3) is 0 Å². The highest BCUT2D eigenvalue weighted by Gasteiger charge is 2.52. The van der Waals surface area contributed by atoms with Crippen molar-refractivity contribution in [1.82, 2.24) is 0 Å². The zero-order valence-electron chi connectivity index (χ0n) is 9.18. The highest BCUT2D eigenvalue weighted by atomic mass is 16.3. The van der Waals surface area contributed by atoms with E-state index in [0.717, 1.165) is 25.7 Å². The van der Waals surface area contributed by atoms with Crippen molar-refractivity contribution in [2.24, 2.45) is 11.3 Å². The first kappa shape index (κ1) is 10.2. The molecule has 0 aromatic heterocycles. The quantitative estimate of drug-likeness (QED) is 0.645. The Morgan fingerprint density at radius 3 is 2.79 bits per heavy atom. The Bertz CT molecular complexity index is 257. The summed E-state index contributed by atoms with van der Waals surface area (Å²) in [7, 11) is 0. The fraction of sp³-hybridized carbons (Fsp3) is 0.917. The number of aliphatic hydroxyl groups is 1. The third-order valence-corrected chi connectivity index (χ3v) is 4.74. The summed E-state index contributed by atoms with van der Waals surface area (Å²) in [6.45, 7) is 4.12. The van der Waals surface area contributed by atoms with Gasteiger partial charge in [0.2, 0.25) is 0 Å². The highest BCUT2D eigenvalue weighted by Crippen LogP contribution is 2.54. The Kier molecular flexibility index (Phi) is 2.22. The number of Topliss-reactive ketones (excluding diaryl/α,β-unsaturated/α-hetero) is 1. The van der Waals surface area contributed by atoms with Crippen LogP contribution < -0.4 is 0 Å². The van der Waals surface area contributed by atoms with Gasteiger partial charge >= 0.3 is 0 Å². The van der Waals surface area contributed by atoms with E-state index in [1.54, 1.807) is 0 Å². The maximum absolute atomic E-state index is 11.4. The van der Waals surface area contributed by atoms with Crippen LogP contribution >= 0.6 is 0 Å². The Labute approximate surface area is 85.7 Å². The average Bonchev–Trinajstić information content (AvgIpc) is 2.09. The van der Waals surface area contributed by atoms with E-state index >= 15 is 0 Å².